The lowest BCUT2D eigenvalue weighted by atomic mass is 9.85. The minimum atomic E-state index is -0.229. The van der Waals surface area contributed by atoms with Crippen molar-refractivity contribution in [3.63, 3.8) is 0 Å². The summed E-state index contributed by atoms with van der Waals surface area (Å²) in [5.74, 6) is 2.10. The van der Waals surface area contributed by atoms with Crippen molar-refractivity contribution >= 4 is 17.4 Å². The van der Waals surface area contributed by atoms with Gasteiger partial charge in [0.1, 0.15) is 12.1 Å². The van der Waals surface area contributed by atoms with Gasteiger partial charge < -0.3 is 14.8 Å². The molecule has 0 saturated heterocycles. The third kappa shape index (κ3) is 3.07. The van der Waals surface area contributed by atoms with E-state index in [0.29, 0.717) is 35.4 Å². The Hall–Kier alpha value is -3.95. The van der Waals surface area contributed by atoms with Crippen LogP contribution in [-0.2, 0) is 4.79 Å². The van der Waals surface area contributed by atoms with E-state index in [-0.39, 0.29) is 18.2 Å². The number of aromatic nitrogens is 6. The Morgan fingerprint density at radius 2 is 2.10 bits per heavy atom. The molecule has 10 nitrogen and oxygen atoms in total. The van der Waals surface area contributed by atoms with Gasteiger partial charge in [-0.2, -0.15) is 14.3 Å². The number of nitrogens with one attached hydrogen (secondary N) is 1. The van der Waals surface area contributed by atoms with E-state index >= 15 is 0 Å². The van der Waals surface area contributed by atoms with Gasteiger partial charge in [0, 0.05) is 23.5 Å². The van der Waals surface area contributed by atoms with Gasteiger partial charge in [-0.25, -0.2) is 0 Å². The third-order valence-corrected chi connectivity index (χ3v) is 5.36. The van der Waals surface area contributed by atoms with Crippen molar-refractivity contribution in [2.45, 2.75) is 26.2 Å². The maximum absolute atomic E-state index is 12.7. The van der Waals surface area contributed by atoms with Crippen molar-refractivity contribution in [2.75, 3.05) is 19.0 Å². The Morgan fingerprint density at radius 1 is 1.23 bits per heavy atom. The quantitative estimate of drug-likeness (QED) is 0.529. The number of benzene rings is 1. The number of fused-ring (bicyclic) bond motifs is 2. The van der Waals surface area contributed by atoms with Gasteiger partial charge in [0.05, 0.1) is 19.4 Å². The number of methoxy groups -OCH3 is 1. The van der Waals surface area contributed by atoms with Crippen LogP contribution < -0.4 is 14.8 Å². The van der Waals surface area contributed by atoms with Crippen LogP contribution in [0.5, 0.6) is 11.5 Å². The van der Waals surface area contributed by atoms with Crippen molar-refractivity contribution in [2.24, 2.45) is 0 Å². The number of carbonyl (C=O) groups is 1. The zero-order valence-electron chi connectivity index (χ0n) is 17.4. The second-order valence-corrected chi connectivity index (χ2v) is 7.20. The first kappa shape index (κ1) is 19.0. The Kier molecular flexibility index (Phi) is 4.54. The van der Waals surface area contributed by atoms with Crippen LogP contribution in [0.4, 0.5) is 5.82 Å². The lowest BCUT2D eigenvalue weighted by Gasteiger charge is -2.26. The monoisotopic (exact) mass is 419 g/mol. The van der Waals surface area contributed by atoms with Gasteiger partial charge in [0.25, 0.3) is 0 Å². The predicted molar refractivity (Wildman–Crippen MR) is 112 cm³/mol. The number of rotatable bonds is 5. The average Bonchev–Trinajstić information content (AvgIpc) is 3.37. The van der Waals surface area contributed by atoms with Crippen LogP contribution >= 0.6 is 0 Å². The maximum Gasteiger partial charge on any atom is 0.226 e. The normalized spacial score (nSPS) is 15.6. The molecular formula is C21H21N7O3. The second-order valence-electron chi connectivity index (χ2n) is 7.20. The highest BCUT2D eigenvalue weighted by Crippen LogP contribution is 2.45. The van der Waals surface area contributed by atoms with E-state index in [4.69, 9.17) is 14.6 Å². The number of para-hydroxylation sites is 1. The van der Waals surface area contributed by atoms with Gasteiger partial charge in [0.15, 0.2) is 23.0 Å². The fourth-order valence-electron chi connectivity index (χ4n) is 4.08. The van der Waals surface area contributed by atoms with Crippen LogP contribution in [0.3, 0.4) is 0 Å². The molecule has 4 heterocycles. The van der Waals surface area contributed by atoms with Crippen LogP contribution in [0.15, 0.2) is 36.7 Å². The molecule has 1 atom stereocenters. The molecule has 1 N–H and O–H groups in total. The van der Waals surface area contributed by atoms with E-state index in [0.717, 1.165) is 16.8 Å². The average molecular weight is 419 g/mol. The highest BCUT2D eigenvalue weighted by molar-refractivity contribution is 5.95. The molecule has 0 saturated carbocycles. The number of aryl methyl sites for hydroxylation is 1. The van der Waals surface area contributed by atoms with Crippen LogP contribution in [0.2, 0.25) is 0 Å². The highest BCUT2D eigenvalue weighted by atomic mass is 16.5. The van der Waals surface area contributed by atoms with Gasteiger partial charge in [-0.05, 0) is 32.0 Å². The summed E-state index contributed by atoms with van der Waals surface area (Å²) in [6.07, 6.45) is 1.80. The molecule has 0 fully saturated rings. The van der Waals surface area contributed by atoms with Crippen LogP contribution in [-0.4, -0.2) is 49.2 Å². The fourth-order valence-corrected chi connectivity index (χ4v) is 4.08. The summed E-state index contributed by atoms with van der Waals surface area (Å²) in [5, 5.41) is 20.0. The van der Waals surface area contributed by atoms with Gasteiger partial charge >= 0.3 is 0 Å². The zero-order chi connectivity index (χ0) is 21.5. The molecule has 1 aliphatic heterocycles. The van der Waals surface area contributed by atoms with Crippen molar-refractivity contribution in [1.82, 2.24) is 29.6 Å². The number of anilines is 1. The van der Waals surface area contributed by atoms with Crippen LogP contribution in [0.1, 0.15) is 36.1 Å². The largest absolute Gasteiger partial charge is 0.493 e. The summed E-state index contributed by atoms with van der Waals surface area (Å²) >= 11 is 0. The smallest absolute Gasteiger partial charge is 0.226 e. The standard InChI is InChI=1S/C21H21N7O3/c1-4-31-20-13(6-5-7-15(20)30-3)14-10-18(29)23-21-19(14)12(2)25-28(21)17-9-8-16-24-22-11-27(16)26-17/h5-9,11,14H,4,10H2,1-3H3,(H,23,29)/t14-/m0/s1. The first-order valence-electron chi connectivity index (χ1n) is 9.97. The summed E-state index contributed by atoms with van der Waals surface area (Å²) in [5.41, 5.74) is 3.25. The highest BCUT2D eigenvalue weighted by Gasteiger charge is 2.35. The molecule has 0 aliphatic carbocycles. The molecule has 0 spiro atoms. The molecular weight excluding hydrogens is 398 g/mol. The molecule has 31 heavy (non-hydrogen) atoms. The molecule has 1 aliphatic rings. The summed E-state index contributed by atoms with van der Waals surface area (Å²) in [4.78, 5) is 12.7. The fraction of sp³-hybridized carbons (Fsp3) is 0.286. The second kappa shape index (κ2) is 7.38. The predicted octanol–water partition coefficient (Wildman–Crippen LogP) is 2.50. The molecule has 1 amide bonds. The molecule has 0 radical (unpaired) electrons. The maximum atomic E-state index is 12.7. The van der Waals surface area contributed by atoms with E-state index in [1.54, 1.807) is 28.4 Å². The van der Waals surface area contributed by atoms with Crippen molar-refractivity contribution in [3.05, 3.63) is 53.5 Å². The van der Waals surface area contributed by atoms with Crippen LogP contribution in [0.25, 0.3) is 11.5 Å². The van der Waals surface area contributed by atoms with Gasteiger partial charge in [-0.15, -0.1) is 15.3 Å². The van der Waals surface area contributed by atoms with E-state index < -0.39 is 0 Å². The molecule has 10 heteroatoms. The molecule has 1 aromatic carbocycles. The van der Waals surface area contributed by atoms with E-state index in [1.807, 2.05) is 32.0 Å². The Labute approximate surface area is 177 Å². The van der Waals surface area contributed by atoms with Gasteiger partial charge in [-0.3, -0.25) is 4.79 Å². The first-order chi connectivity index (χ1) is 15.1. The zero-order valence-corrected chi connectivity index (χ0v) is 17.4. The Balaban J connectivity index is 1.68. The molecule has 0 bridgehead atoms. The summed E-state index contributed by atoms with van der Waals surface area (Å²) in [7, 11) is 1.61. The molecule has 3 aromatic heterocycles. The summed E-state index contributed by atoms with van der Waals surface area (Å²) in [6, 6.07) is 9.33. The van der Waals surface area contributed by atoms with Gasteiger partial charge in [0.2, 0.25) is 5.91 Å². The van der Waals surface area contributed by atoms with Crippen molar-refractivity contribution < 1.29 is 14.3 Å². The third-order valence-electron chi connectivity index (χ3n) is 5.36. The van der Waals surface area contributed by atoms with E-state index in [9.17, 15) is 4.79 Å². The number of ether oxygens (including phenoxy) is 2. The number of amides is 1. The van der Waals surface area contributed by atoms with Crippen molar-refractivity contribution in [3.8, 4) is 17.3 Å². The lowest BCUT2D eigenvalue weighted by Crippen LogP contribution is -2.25. The van der Waals surface area contributed by atoms with Crippen molar-refractivity contribution in [1.29, 1.82) is 0 Å². The minimum Gasteiger partial charge on any atom is -0.493 e. The molecule has 5 rings (SSSR count). The molecule has 0 unspecified atom stereocenters. The topological polar surface area (TPSA) is 108 Å². The first-order valence-corrected chi connectivity index (χ1v) is 9.97. The molecule has 4 aromatic rings. The number of carbonyl (C=O) groups excluding carboxylic acids is 1. The summed E-state index contributed by atoms with van der Waals surface area (Å²) < 4.78 is 14.6. The Morgan fingerprint density at radius 3 is 2.90 bits per heavy atom. The van der Waals surface area contributed by atoms with Gasteiger partial charge in [-0.1, -0.05) is 12.1 Å². The van der Waals surface area contributed by atoms with Crippen LogP contribution in [0, 0.1) is 6.92 Å². The molecule has 158 valence electrons. The Bertz CT molecular complexity index is 1290. The number of hydrogen-bond donors (Lipinski definition) is 1. The van der Waals surface area contributed by atoms with E-state index in [1.165, 1.54) is 6.33 Å². The SMILES string of the molecule is CCOc1c(OC)cccc1[C@@H]1CC(=O)Nc2c1c(C)nn2-c1ccc2nncn2n1. The van der Waals surface area contributed by atoms with E-state index in [2.05, 4.69) is 20.6 Å². The lowest BCUT2D eigenvalue weighted by molar-refractivity contribution is -0.116. The summed E-state index contributed by atoms with van der Waals surface area (Å²) in [6.45, 7) is 4.34. The number of hydrogen-bond acceptors (Lipinski definition) is 7. The minimum absolute atomic E-state index is 0.103. The number of nitrogens with zero attached hydrogens (tertiary/aromatic N) is 6.